The molecule has 1 heterocycles. The van der Waals surface area contributed by atoms with Crippen LogP contribution < -0.4 is 11.1 Å². The van der Waals surface area contributed by atoms with Crippen LogP contribution in [0.15, 0.2) is 34.9 Å². The first-order chi connectivity index (χ1) is 9.13. The molecule has 2 unspecified atom stereocenters. The highest BCUT2D eigenvalue weighted by molar-refractivity contribution is 6.03. The minimum Gasteiger partial charge on any atom is -0.338 e. The first-order valence-electron chi connectivity index (χ1n) is 6.23. The second kappa shape index (κ2) is 6.93. The first-order valence-corrected chi connectivity index (χ1v) is 6.23. The zero-order chi connectivity index (χ0) is 13.4. The molecule has 0 saturated heterocycles. The smallest absolute Gasteiger partial charge is 0.258 e. The maximum Gasteiger partial charge on any atom is 0.258 e. The molecule has 5 nitrogen and oxygen atoms in total. The Morgan fingerprint density at radius 1 is 1.38 bits per heavy atom. The summed E-state index contributed by atoms with van der Waals surface area (Å²) in [5, 5.41) is 6.40. The third kappa shape index (κ3) is 3.97. The van der Waals surface area contributed by atoms with E-state index in [0.29, 0.717) is 17.4 Å². The minimum atomic E-state index is -0.202. The molecule has 21 heavy (non-hydrogen) atoms. The monoisotopic (exact) mass is 329 g/mol. The summed E-state index contributed by atoms with van der Waals surface area (Å²) < 4.78 is 4.96. The van der Waals surface area contributed by atoms with Gasteiger partial charge in [0.25, 0.3) is 5.91 Å². The number of carbonyl (C=O) groups excluding carboxylic acids is 1. The van der Waals surface area contributed by atoms with Gasteiger partial charge < -0.3 is 10.3 Å². The van der Waals surface area contributed by atoms with Gasteiger partial charge in [0.15, 0.2) is 0 Å². The lowest BCUT2D eigenvalue weighted by Crippen LogP contribution is -2.11. The number of anilines is 1. The number of aryl methyl sites for hydroxylation is 1. The van der Waals surface area contributed by atoms with Gasteiger partial charge in [0.2, 0.25) is 5.88 Å². The Hall–Kier alpha value is -1.56. The van der Waals surface area contributed by atoms with Crippen molar-refractivity contribution in [2.24, 2.45) is 5.73 Å². The number of carbonyl (C=O) groups is 1. The summed E-state index contributed by atoms with van der Waals surface area (Å²) in [5.74, 6) is 0.545. The Labute approximate surface area is 135 Å². The van der Waals surface area contributed by atoms with Crippen molar-refractivity contribution in [3.05, 3.63) is 47.2 Å². The molecule has 1 saturated carbocycles. The van der Waals surface area contributed by atoms with Crippen molar-refractivity contribution in [2.45, 2.75) is 25.3 Å². The van der Waals surface area contributed by atoms with Crippen LogP contribution in [0, 0.1) is 6.92 Å². The van der Waals surface area contributed by atoms with Crippen LogP contribution in [0.4, 0.5) is 5.88 Å². The van der Waals surface area contributed by atoms with Crippen LogP contribution in [0.3, 0.4) is 0 Å². The van der Waals surface area contributed by atoms with Crippen LogP contribution in [0.5, 0.6) is 0 Å². The first kappa shape index (κ1) is 17.5. The standard InChI is InChI=1S/C14H15N3O2.2ClH/c1-8-5-13(19-17-8)16-14(18)10-4-2-3-9(6-10)11-7-12(11)15;;/h2-6,11-12H,7,15H2,1H3,(H,16,18);2*1H. The second-order valence-electron chi connectivity index (χ2n) is 4.92. The fourth-order valence-corrected chi connectivity index (χ4v) is 2.12. The van der Waals surface area contributed by atoms with Gasteiger partial charge in [0, 0.05) is 23.6 Å². The molecule has 2 atom stereocenters. The normalized spacial score (nSPS) is 19.1. The number of nitrogens with two attached hydrogens (primary N) is 1. The highest BCUT2D eigenvalue weighted by atomic mass is 35.5. The van der Waals surface area contributed by atoms with Gasteiger partial charge >= 0.3 is 0 Å². The van der Waals surface area contributed by atoms with Crippen molar-refractivity contribution in [1.29, 1.82) is 0 Å². The number of hydrogen-bond donors (Lipinski definition) is 2. The van der Waals surface area contributed by atoms with Crippen LogP contribution >= 0.6 is 24.8 Å². The molecule has 1 aromatic carbocycles. The third-order valence-electron chi connectivity index (χ3n) is 3.28. The van der Waals surface area contributed by atoms with Gasteiger partial charge in [-0.2, -0.15) is 0 Å². The number of aromatic nitrogens is 1. The molecule has 1 aromatic heterocycles. The quantitative estimate of drug-likeness (QED) is 0.907. The zero-order valence-corrected chi connectivity index (χ0v) is 13.0. The van der Waals surface area contributed by atoms with E-state index in [9.17, 15) is 4.79 Å². The van der Waals surface area contributed by atoms with E-state index in [1.54, 1.807) is 19.1 Å². The molecule has 114 valence electrons. The van der Waals surface area contributed by atoms with Gasteiger partial charge in [-0.3, -0.25) is 10.1 Å². The molecule has 7 heteroatoms. The third-order valence-corrected chi connectivity index (χ3v) is 3.28. The molecule has 2 aromatic rings. The number of halogens is 2. The highest BCUT2D eigenvalue weighted by Gasteiger charge is 2.34. The Balaban J connectivity index is 0.00000110. The van der Waals surface area contributed by atoms with E-state index in [0.717, 1.165) is 17.7 Å². The fourth-order valence-electron chi connectivity index (χ4n) is 2.12. The lowest BCUT2D eigenvalue weighted by Gasteiger charge is -2.04. The van der Waals surface area contributed by atoms with Crippen LogP contribution in [0.1, 0.15) is 34.0 Å². The van der Waals surface area contributed by atoms with Gasteiger partial charge in [-0.25, -0.2) is 0 Å². The summed E-state index contributed by atoms with van der Waals surface area (Å²) in [4.78, 5) is 12.1. The van der Waals surface area contributed by atoms with Crippen molar-refractivity contribution in [3.63, 3.8) is 0 Å². The van der Waals surface area contributed by atoms with Gasteiger partial charge in [0.1, 0.15) is 0 Å². The molecule has 3 rings (SSSR count). The summed E-state index contributed by atoms with van der Waals surface area (Å²) in [6.45, 7) is 1.80. The largest absolute Gasteiger partial charge is 0.338 e. The van der Waals surface area contributed by atoms with Crippen molar-refractivity contribution >= 4 is 36.6 Å². The Morgan fingerprint density at radius 2 is 2.10 bits per heavy atom. The lowest BCUT2D eigenvalue weighted by molar-refractivity contribution is 0.102. The van der Waals surface area contributed by atoms with Gasteiger partial charge in [-0.1, -0.05) is 17.3 Å². The number of amides is 1. The van der Waals surface area contributed by atoms with Crippen LogP contribution in [0.2, 0.25) is 0 Å². The molecule has 0 radical (unpaired) electrons. The second-order valence-corrected chi connectivity index (χ2v) is 4.92. The average molecular weight is 330 g/mol. The number of hydrogen-bond acceptors (Lipinski definition) is 4. The number of benzene rings is 1. The van der Waals surface area contributed by atoms with Crippen LogP contribution in [0.25, 0.3) is 0 Å². The SMILES string of the molecule is Cc1cc(NC(=O)c2cccc(C3CC3N)c2)on1.Cl.Cl. The summed E-state index contributed by atoms with van der Waals surface area (Å²) in [6.07, 6.45) is 0.992. The van der Waals surface area contributed by atoms with E-state index in [1.807, 2.05) is 18.2 Å². The van der Waals surface area contributed by atoms with Crippen molar-refractivity contribution < 1.29 is 9.32 Å². The Kier molecular flexibility index (Phi) is 5.78. The lowest BCUT2D eigenvalue weighted by atomic mass is 10.1. The zero-order valence-electron chi connectivity index (χ0n) is 11.4. The van der Waals surface area contributed by atoms with E-state index < -0.39 is 0 Å². The molecule has 0 aliphatic heterocycles. The highest BCUT2D eigenvalue weighted by Crippen LogP contribution is 2.39. The van der Waals surface area contributed by atoms with E-state index in [4.69, 9.17) is 10.3 Å². The van der Waals surface area contributed by atoms with E-state index in [2.05, 4.69) is 10.5 Å². The maximum absolute atomic E-state index is 12.1. The Morgan fingerprint density at radius 3 is 2.67 bits per heavy atom. The van der Waals surface area contributed by atoms with Crippen molar-refractivity contribution in [1.82, 2.24) is 5.16 Å². The summed E-state index contributed by atoms with van der Waals surface area (Å²) in [7, 11) is 0. The van der Waals surface area contributed by atoms with E-state index in [-0.39, 0.29) is 36.8 Å². The summed E-state index contributed by atoms with van der Waals surface area (Å²) in [6, 6.07) is 9.45. The predicted octanol–water partition coefficient (Wildman–Crippen LogP) is 2.89. The number of nitrogens with zero attached hydrogens (tertiary/aromatic N) is 1. The predicted molar refractivity (Wildman–Crippen MR) is 85.5 cm³/mol. The van der Waals surface area contributed by atoms with Crippen molar-refractivity contribution in [2.75, 3.05) is 5.32 Å². The molecular weight excluding hydrogens is 313 g/mol. The minimum absolute atomic E-state index is 0. The summed E-state index contributed by atoms with van der Waals surface area (Å²) >= 11 is 0. The molecule has 1 fully saturated rings. The van der Waals surface area contributed by atoms with Gasteiger partial charge in [0.05, 0.1) is 5.69 Å². The molecule has 3 N–H and O–H groups in total. The number of rotatable bonds is 3. The van der Waals surface area contributed by atoms with Crippen LogP contribution in [-0.2, 0) is 0 Å². The Bertz CT molecular complexity index is 630. The molecular formula is C14H17Cl2N3O2. The molecule has 1 aliphatic rings. The van der Waals surface area contributed by atoms with Gasteiger partial charge in [-0.15, -0.1) is 24.8 Å². The fraction of sp³-hybridized carbons (Fsp3) is 0.286. The van der Waals surface area contributed by atoms with Crippen molar-refractivity contribution in [3.8, 4) is 0 Å². The van der Waals surface area contributed by atoms with Crippen LogP contribution in [-0.4, -0.2) is 17.1 Å². The summed E-state index contributed by atoms with van der Waals surface area (Å²) in [5.41, 5.74) is 8.28. The molecule has 1 aliphatic carbocycles. The average Bonchev–Trinajstić information content (AvgIpc) is 3.00. The molecule has 0 spiro atoms. The van der Waals surface area contributed by atoms with E-state index in [1.165, 1.54) is 0 Å². The number of nitrogens with one attached hydrogen (secondary N) is 1. The van der Waals surface area contributed by atoms with E-state index >= 15 is 0 Å². The molecule has 0 bridgehead atoms. The topological polar surface area (TPSA) is 81.2 Å². The van der Waals surface area contributed by atoms with Gasteiger partial charge in [-0.05, 0) is 31.0 Å². The maximum atomic E-state index is 12.1. The molecule has 1 amide bonds.